The summed E-state index contributed by atoms with van der Waals surface area (Å²) in [6.07, 6.45) is 0. The average Bonchev–Trinajstić information content (AvgIpc) is 2.82. The lowest BCUT2D eigenvalue weighted by Crippen LogP contribution is -2.38. The number of hydrogen-bond donors (Lipinski definition) is 1. The highest BCUT2D eigenvalue weighted by Gasteiger charge is 2.28. The number of benzene rings is 3. The molecule has 0 spiro atoms. The summed E-state index contributed by atoms with van der Waals surface area (Å²) in [5.41, 5.74) is 1.39. The molecule has 3 rings (SSSR count). The number of rotatable bonds is 8. The maximum atomic E-state index is 13.5. The van der Waals surface area contributed by atoms with E-state index in [0.717, 1.165) is 9.87 Å². The van der Waals surface area contributed by atoms with E-state index < -0.39 is 28.4 Å². The number of aryl methyl sites for hydroxylation is 1. The molecule has 0 heterocycles. The summed E-state index contributed by atoms with van der Waals surface area (Å²) >= 11 is 6.23. The first-order chi connectivity index (χ1) is 16.2. The van der Waals surface area contributed by atoms with Gasteiger partial charge in [-0.1, -0.05) is 41.4 Å². The van der Waals surface area contributed by atoms with Gasteiger partial charge in [-0.25, -0.2) is 13.2 Å². The van der Waals surface area contributed by atoms with E-state index in [1.807, 2.05) is 6.92 Å². The minimum absolute atomic E-state index is 0.00722. The van der Waals surface area contributed by atoms with Crippen molar-refractivity contribution in [2.75, 3.05) is 30.4 Å². The fourth-order valence-corrected chi connectivity index (χ4v) is 4.83. The van der Waals surface area contributed by atoms with Crippen LogP contribution in [0.4, 0.5) is 11.4 Å². The largest absolute Gasteiger partial charge is 0.495 e. The van der Waals surface area contributed by atoms with Gasteiger partial charge in [-0.2, -0.15) is 0 Å². The third kappa shape index (κ3) is 5.49. The zero-order valence-electron chi connectivity index (χ0n) is 18.7. The number of sulfonamides is 1. The monoisotopic (exact) mass is 502 g/mol. The summed E-state index contributed by atoms with van der Waals surface area (Å²) in [5, 5.41) is 2.77. The molecule has 0 aliphatic rings. The Morgan fingerprint density at radius 2 is 1.68 bits per heavy atom. The molecule has 0 radical (unpaired) electrons. The van der Waals surface area contributed by atoms with E-state index in [9.17, 15) is 18.0 Å². The first-order valence-corrected chi connectivity index (χ1v) is 11.9. The van der Waals surface area contributed by atoms with E-state index in [-0.39, 0.29) is 26.9 Å². The Bertz CT molecular complexity index is 1310. The highest BCUT2D eigenvalue weighted by Crippen LogP contribution is 2.32. The molecule has 34 heavy (non-hydrogen) atoms. The number of nitrogens with one attached hydrogen (secondary N) is 1. The zero-order chi connectivity index (χ0) is 24.9. The molecular weight excluding hydrogens is 480 g/mol. The first kappa shape index (κ1) is 25.1. The fraction of sp³-hybridized carbons (Fsp3) is 0.167. The molecule has 10 heteroatoms. The number of amides is 1. The number of hydrogen-bond acceptors (Lipinski definition) is 6. The molecular formula is C24H23ClN2O6S. The number of halogens is 1. The molecule has 1 amide bonds. The Morgan fingerprint density at radius 3 is 2.29 bits per heavy atom. The summed E-state index contributed by atoms with van der Waals surface area (Å²) in [6, 6.07) is 16.9. The number of anilines is 2. The van der Waals surface area contributed by atoms with Crippen LogP contribution in [-0.2, 0) is 19.6 Å². The lowest BCUT2D eigenvalue weighted by Gasteiger charge is -2.25. The van der Waals surface area contributed by atoms with Crippen LogP contribution in [0, 0.1) is 6.92 Å². The normalized spacial score (nSPS) is 10.9. The molecule has 8 nitrogen and oxygen atoms in total. The van der Waals surface area contributed by atoms with Crippen LogP contribution in [0.1, 0.15) is 15.9 Å². The minimum atomic E-state index is -4.14. The minimum Gasteiger partial charge on any atom is -0.495 e. The maximum Gasteiger partial charge on any atom is 0.339 e. The van der Waals surface area contributed by atoms with Gasteiger partial charge in [0.15, 0.2) is 0 Å². The second-order valence-corrected chi connectivity index (χ2v) is 9.50. The Hall–Kier alpha value is -3.56. The Labute approximate surface area is 203 Å². The number of esters is 1. The summed E-state index contributed by atoms with van der Waals surface area (Å²) < 4.78 is 37.9. The van der Waals surface area contributed by atoms with Gasteiger partial charge in [0.05, 0.1) is 41.1 Å². The van der Waals surface area contributed by atoms with Gasteiger partial charge in [0.25, 0.3) is 10.0 Å². The van der Waals surface area contributed by atoms with E-state index in [2.05, 4.69) is 5.32 Å². The highest BCUT2D eigenvalue weighted by molar-refractivity contribution is 7.92. The van der Waals surface area contributed by atoms with Crippen LogP contribution in [0.25, 0.3) is 0 Å². The van der Waals surface area contributed by atoms with Crippen molar-refractivity contribution in [3.63, 3.8) is 0 Å². The van der Waals surface area contributed by atoms with Gasteiger partial charge in [0.1, 0.15) is 12.3 Å². The van der Waals surface area contributed by atoms with Crippen LogP contribution in [0.15, 0.2) is 71.6 Å². The summed E-state index contributed by atoms with van der Waals surface area (Å²) in [4.78, 5) is 25.0. The summed E-state index contributed by atoms with van der Waals surface area (Å²) in [7, 11) is -1.48. The second kappa shape index (κ2) is 10.6. The van der Waals surface area contributed by atoms with Crippen LogP contribution < -0.4 is 14.4 Å². The zero-order valence-corrected chi connectivity index (χ0v) is 20.3. The molecule has 0 aliphatic heterocycles. The first-order valence-electron chi connectivity index (χ1n) is 10.1. The third-order valence-electron chi connectivity index (χ3n) is 4.93. The fourth-order valence-electron chi connectivity index (χ4n) is 3.16. The maximum absolute atomic E-state index is 13.5. The lowest BCUT2D eigenvalue weighted by atomic mass is 10.2. The van der Waals surface area contributed by atoms with Gasteiger partial charge in [0, 0.05) is 0 Å². The van der Waals surface area contributed by atoms with Gasteiger partial charge < -0.3 is 14.8 Å². The van der Waals surface area contributed by atoms with Crippen LogP contribution >= 0.6 is 11.6 Å². The number of carbonyl (C=O) groups excluding carboxylic acids is 2. The van der Waals surface area contributed by atoms with Gasteiger partial charge in [-0.3, -0.25) is 9.10 Å². The van der Waals surface area contributed by atoms with Gasteiger partial charge in [0.2, 0.25) is 5.91 Å². The molecule has 1 N–H and O–H groups in total. The lowest BCUT2D eigenvalue weighted by molar-refractivity contribution is -0.114. The van der Waals surface area contributed by atoms with Crippen molar-refractivity contribution in [3.05, 3.63) is 82.9 Å². The topological polar surface area (TPSA) is 102 Å². The van der Waals surface area contributed by atoms with Crippen molar-refractivity contribution >= 4 is 44.9 Å². The van der Waals surface area contributed by atoms with E-state index in [1.54, 1.807) is 24.3 Å². The van der Waals surface area contributed by atoms with Crippen LogP contribution in [0.3, 0.4) is 0 Å². The molecule has 0 atom stereocenters. The van der Waals surface area contributed by atoms with Crippen molar-refractivity contribution in [3.8, 4) is 5.75 Å². The second-order valence-electron chi connectivity index (χ2n) is 7.23. The average molecular weight is 503 g/mol. The van der Waals surface area contributed by atoms with Crippen molar-refractivity contribution in [1.82, 2.24) is 0 Å². The molecule has 0 aromatic heterocycles. The van der Waals surface area contributed by atoms with E-state index in [1.165, 1.54) is 56.7 Å². The number of para-hydroxylation sites is 1. The quantitative estimate of drug-likeness (QED) is 0.461. The van der Waals surface area contributed by atoms with Gasteiger partial charge >= 0.3 is 5.97 Å². The predicted octanol–water partition coefficient (Wildman–Crippen LogP) is 4.28. The third-order valence-corrected chi connectivity index (χ3v) is 7.01. The standard InChI is InChI=1S/C24H23ClN2O6S/c1-16-8-11-18(12-9-16)34(30,31)27(17-10-13-22(32-2)20(25)14-17)15-23(28)26-21-7-5-4-6-19(21)24(29)33-3/h4-14H,15H2,1-3H3,(H,26,28). The van der Waals surface area contributed by atoms with Gasteiger partial charge in [-0.05, 0) is 49.4 Å². The Morgan fingerprint density at radius 1 is 1.00 bits per heavy atom. The smallest absolute Gasteiger partial charge is 0.339 e. The number of carbonyl (C=O) groups is 2. The summed E-state index contributed by atoms with van der Waals surface area (Å²) in [5.74, 6) is -0.949. The molecule has 0 saturated heterocycles. The predicted molar refractivity (Wildman–Crippen MR) is 130 cm³/mol. The van der Waals surface area contributed by atoms with Crippen LogP contribution in [-0.4, -0.2) is 41.1 Å². The molecule has 178 valence electrons. The molecule has 0 bridgehead atoms. The van der Waals surface area contributed by atoms with Crippen molar-refractivity contribution in [2.24, 2.45) is 0 Å². The Kier molecular flexibility index (Phi) is 7.80. The van der Waals surface area contributed by atoms with Crippen LogP contribution in [0.2, 0.25) is 5.02 Å². The van der Waals surface area contributed by atoms with Crippen molar-refractivity contribution in [2.45, 2.75) is 11.8 Å². The Balaban J connectivity index is 2.00. The van der Waals surface area contributed by atoms with Crippen molar-refractivity contribution in [1.29, 1.82) is 0 Å². The molecule has 3 aromatic rings. The summed E-state index contributed by atoms with van der Waals surface area (Å²) in [6.45, 7) is 1.26. The molecule has 0 saturated carbocycles. The SMILES string of the molecule is COC(=O)c1ccccc1NC(=O)CN(c1ccc(OC)c(Cl)c1)S(=O)(=O)c1ccc(C)cc1. The number of nitrogens with zero attached hydrogens (tertiary/aromatic N) is 1. The number of ether oxygens (including phenoxy) is 2. The van der Waals surface area contributed by atoms with E-state index in [0.29, 0.717) is 5.75 Å². The number of methoxy groups -OCH3 is 2. The molecule has 3 aromatic carbocycles. The van der Waals surface area contributed by atoms with Gasteiger partial charge in [-0.15, -0.1) is 0 Å². The highest BCUT2D eigenvalue weighted by atomic mass is 35.5. The van der Waals surface area contributed by atoms with E-state index in [4.69, 9.17) is 21.1 Å². The van der Waals surface area contributed by atoms with Crippen molar-refractivity contribution < 1.29 is 27.5 Å². The molecule has 0 aliphatic carbocycles. The molecule has 0 fully saturated rings. The molecule has 0 unspecified atom stereocenters. The van der Waals surface area contributed by atoms with E-state index >= 15 is 0 Å². The van der Waals surface area contributed by atoms with Crippen LogP contribution in [0.5, 0.6) is 5.75 Å².